The van der Waals surface area contributed by atoms with Gasteiger partial charge < -0.3 is 24.8 Å². The molecule has 0 aromatic rings. The quantitative estimate of drug-likeness (QED) is 0.477. The topological polar surface area (TPSA) is 79.2 Å². The fraction of sp³-hybridized carbons (Fsp3) is 1.00. The van der Waals surface area contributed by atoms with Crippen molar-refractivity contribution in [2.75, 3.05) is 13.7 Å². The van der Waals surface area contributed by atoms with Gasteiger partial charge in [0.2, 0.25) is 0 Å². The fourth-order valence-corrected chi connectivity index (χ4v) is 1.27. The van der Waals surface area contributed by atoms with E-state index < -0.39 is 24.6 Å². The second-order valence-electron chi connectivity index (χ2n) is 2.83. The molecule has 0 aliphatic carbocycles. The van der Waals surface area contributed by atoms with Crippen molar-refractivity contribution in [3.05, 3.63) is 0 Å². The summed E-state index contributed by atoms with van der Waals surface area (Å²) in [7, 11) is 1.44. The van der Waals surface area contributed by atoms with Gasteiger partial charge in [0.15, 0.2) is 6.29 Å². The van der Waals surface area contributed by atoms with E-state index in [1.54, 1.807) is 0 Å². The fourth-order valence-electron chi connectivity index (χ4n) is 1.27. The van der Waals surface area contributed by atoms with Crippen LogP contribution in [0.25, 0.3) is 0 Å². The van der Waals surface area contributed by atoms with E-state index in [1.807, 2.05) is 0 Å². The van der Waals surface area contributed by atoms with E-state index in [0.717, 1.165) is 0 Å². The number of rotatable bonds is 2. The van der Waals surface area contributed by atoms with E-state index in [4.69, 9.17) is 19.7 Å². The van der Waals surface area contributed by atoms with Crippen molar-refractivity contribution < 1.29 is 24.8 Å². The molecule has 3 unspecified atom stereocenters. The second-order valence-corrected chi connectivity index (χ2v) is 2.83. The molecule has 0 aromatic carbocycles. The molecule has 0 spiro atoms. The van der Waals surface area contributed by atoms with Gasteiger partial charge in [0, 0.05) is 13.5 Å². The van der Waals surface area contributed by atoms with Crippen molar-refractivity contribution in [3.63, 3.8) is 0 Å². The number of aliphatic hydroxyl groups excluding tert-OH is 3. The number of hydrogen-bond donors (Lipinski definition) is 3. The average Bonchev–Trinajstić information content (AvgIpc) is 2.09. The first kappa shape index (κ1) is 9.88. The highest BCUT2D eigenvalue weighted by molar-refractivity contribution is 4.80. The molecule has 1 fully saturated rings. The van der Waals surface area contributed by atoms with Crippen LogP contribution in [-0.2, 0) is 9.47 Å². The van der Waals surface area contributed by atoms with Crippen LogP contribution in [0, 0.1) is 0 Å². The summed E-state index contributed by atoms with van der Waals surface area (Å²) < 4.78 is 9.76. The molecule has 0 saturated carbocycles. The maximum Gasteiger partial charge on any atom is 0.183 e. The van der Waals surface area contributed by atoms with Gasteiger partial charge in [0.1, 0.15) is 6.10 Å². The lowest BCUT2D eigenvalue weighted by atomic mass is 10.0. The Balaban J connectivity index is 2.52. The van der Waals surface area contributed by atoms with Gasteiger partial charge in [-0.05, 0) is 0 Å². The van der Waals surface area contributed by atoms with E-state index in [2.05, 4.69) is 0 Å². The Morgan fingerprint density at radius 3 is 2.67 bits per heavy atom. The summed E-state index contributed by atoms with van der Waals surface area (Å²) in [5.41, 5.74) is 0. The SMILES string of the molecule is COC1CC(CO)O[C@H](O)C1O. The zero-order valence-electron chi connectivity index (χ0n) is 6.88. The van der Waals surface area contributed by atoms with E-state index in [9.17, 15) is 5.11 Å². The summed E-state index contributed by atoms with van der Waals surface area (Å²) in [6.45, 7) is -0.177. The van der Waals surface area contributed by atoms with Gasteiger partial charge in [0.05, 0.1) is 18.8 Å². The van der Waals surface area contributed by atoms with Crippen molar-refractivity contribution in [1.82, 2.24) is 0 Å². The molecule has 0 radical (unpaired) electrons. The van der Waals surface area contributed by atoms with Crippen LogP contribution in [-0.4, -0.2) is 53.6 Å². The van der Waals surface area contributed by atoms with E-state index in [1.165, 1.54) is 7.11 Å². The maximum absolute atomic E-state index is 9.27. The van der Waals surface area contributed by atoms with Crippen molar-refractivity contribution >= 4 is 0 Å². The zero-order chi connectivity index (χ0) is 9.14. The summed E-state index contributed by atoms with van der Waals surface area (Å²) in [6, 6.07) is 0. The summed E-state index contributed by atoms with van der Waals surface area (Å²) in [5, 5.41) is 27.1. The van der Waals surface area contributed by atoms with Gasteiger partial charge >= 0.3 is 0 Å². The minimum Gasteiger partial charge on any atom is -0.394 e. The van der Waals surface area contributed by atoms with Gasteiger partial charge in [-0.25, -0.2) is 0 Å². The third-order valence-corrected chi connectivity index (χ3v) is 2.01. The molecule has 12 heavy (non-hydrogen) atoms. The minimum absolute atomic E-state index is 0.177. The number of aliphatic hydroxyl groups is 3. The Labute approximate surface area is 70.5 Å². The Hall–Kier alpha value is -0.200. The minimum atomic E-state index is -1.26. The zero-order valence-corrected chi connectivity index (χ0v) is 6.88. The third-order valence-electron chi connectivity index (χ3n) is 2.01. The molecule has 0 aromatic heterocycles. The van der Waals surface area contributed by atoms with Gasteiger partial charge in [-0.15, -0.1) is 0 Å². The molecule has 1 heterocycles. The summed E-state index contributed by atoms with van der Waals surface area (Å²) in [6.07, 6.45) is -2.82. The van der Waals surface area contributed by atoms with Crippen LogP contribution in [0.3, 0.4) is 0 Å². The first-order chi connectivity index (χ1) is 5.69. The smallest absolute Gasteiger partial charge is 0.183 e. The van der Waals surface area contributed by atoms with Crippen LogP contribution in [0.5, 0.6) is 0 Å². The van der Waals surface area contributed by atoms with E-state index in [-0.39, 0.29) is 6.61 Å². The molecule has 0 amide bonds. The molecule has 5 heteroatoms. The molecule has 1 aliphatic rings. The normalized spacial score (nSPS) is 43.0. The molecule has 72 valence electrons. The largest absolute Gasteiger partial charge is 0.394 e. The molecule has 3 N–H and O–H groups in total. The molecule has 4 atom stereocenters. The van der Waals surface area contributed by atoms with Crippen molar-refractivity contribution in [2.45, 2.75) is 31.0 Å². The number of ether oxygens (including phenoxy) is 2. The summed E-state index contributed by atoms with van der Waals surface area (Å²) in [4.78, 5) is 0. The number of methoxy groups -OCH3 is 1. The van der Waals surface area contributed by atoms with Crippen molar-refractivity contribution in [1.29, 1.82) is 0 Å². The first-order valence-electron chi connectivity index (χ1n) is 3.84. The third kappa shape index (κ3) is 1.94. The average molecular weight is 178 g/mol. The van der Waals surface area contributed by atoms with Crippen LogP contribution < -0.4 is 0 Å². The molecule has 1 saturated heterocycles. The Kier molecular flexibility index (Phi) is 3.42. The van der Waals surface area contributed by atoms with Crippen LogP contribution in [0.4, 0.5) is 0 Å². The lowest BCUT2D eigenvalue weighted by molar-refractivity contribution is -0.256. The number of hydrogen-bond acceptors (Lipinski definition) is 5. The molecule has 0 bridgehead atoms. The maximum atomic E-state index is 9.27. The molecular weight excluding hydrogens is 164 g/mol. The van der Waals surface area contributed by atoms with Gasteiger partial charge in [-0.1, -0.05) is 0 Å². The second kappa shape index (κ2) is 4.15. The standard InChI is InChI=1S/C7H14O5/c1-11-5-2-4(3-8)12-7(10)6(5)9/h4-10H,2-3H2,1H3/t4?,5?,6?,7-/m0/s1. The Morgan fingerprint density at radius 1 is 1.50 bits per heavy atom. The van der Waals surface area contributed by atoms with Gasteiger partial charge in [0.25, 0.3) is 0 Å². The van der Waals surface area contributed by atoms with Crippen molar-refractivity contribution in [3.8, 4) is 0 Å². The van der Waals surface area contributed by atoms with E-state index in [0.29, 0.717) is 6.42 Å². The lowest BCUT2D eigenvalue weighted by Crippen LogP contribution is -2.49. The van der Waals surface area contributed by atoms with Crippen LogP contribution in [0.2, 0.25) is 0 Å². The molecule has 5 nitrogen and oxygen atoms in total. The van der Waals surface area contributed by atoms with E-state index >= 15 is 0 Å². The van der Waals surface area contributed by atoms with Gasteiger partial charge in [-0.2, -0.15) is 0 Å². The summed E-state index contributed by atoms with van der Waals surface area (Å²) in [5.74, 6) is 0. The van der Waals surface area contributed by atoms with Crippen LogP contribution >= 0.6 is 0 Å². The Bertz CT molecular complexity index is 140. The first-order valence-corrected chi connectivity index (χ1v) is 3.84. The predicted octanol–water partition coefficient (Wildman–Crippen LogP) is -1.54. The molecule has 1 rings (SSSR count). The lowest BCUT2D eigenvalue weighted by Gasteiger charge is -2.35. The highest BCUT2D eigenvalue weighted by atomic mass is 16.6. The highest BCUT2D eigenvalue weighted by Gasteiger charge is 2.36. The monoisotopic (exact) mass is 178 g/mol. The van der Waals surface area contributed by atoms with Crippen molar-refractivity contribution in [2.24, 2.45) is 0 Å². The predicted molar refractivity (Wildman–Crippen MR) is 39.4 cm³/mol. The highest BCUT2D eigenvalue weighted by Crippen LogP contribution is 2.20. The van der Waals surface area contributed by atoms with Crippen LogP contribution in [0.1, 0.15) is 6.42 Å². The molecular formula is C7H14O5. The van der Waals surface area contributed by atoms with Crippen LogP contribution in [0.15, 0.2) is 0 Å². The summed E-state index contributed by atoms with van der Waals surface area (Å²) >= 11 is 0. The van der Waals surface area contributed by atoms with Gasteiger partial charge in [-0.3, -0.25) is 0 Å². The Morgan fingerprint density at radius 2 is 2.17 bits per heavy atom. The molecule has 1 aliphatic heterocycles.